The number of ether oxygens (including phenoxy) is 2. The predicted molar refractivity (Wildman–Crippen MR) is 99.1 cm³/mol. The van der Waals surface area contributed by atoms with Crippen LogP contribution in [0.3, 0.4) is 0 Å². The van der Waals surface area contributed by atoms with E-state index in [9.17, 15) is 12.8 Å². The highest BCUT2D eigenvalue weighted by atomic mass is 32.2. The van der Waals surface area contributed by atoms with Crippen LogP contribution in [-0.4, -0.2) is 44.0 Å². The number of nitrogens with zero attached hydrogens (tertiary/aromatic N) is 2. The van der Waals surface area contributed by atoms with Gasteiger partial charge in [0, 0.05) is 12.7 Å². The molecule has 0 aliphatic carbocycles. The zero-order chi connectivity index (χ0) is 19.6. The Hall–Kier alpha value is -2.19. The molecule has 1 atom stereocenters. The number of benzene rings is 1. The van der Waals surface area contributed by atoms with Gasteiger partial charge in [-0.05, 0) is 56.0 Å². The van der Waals surface area contributed by atoms with Gasteiger partial charge in [0.15, 0.2) is 5.82 Å². The van der Waals surface area contributed by atoms with Gasteiger partial charge in [-0.1, -0.05) is 6.07 Å². The van der Waals surface area contributed by atoms with Crippen LogP contribution in [0.2, 0.25) is 0 Å². The normalized spacial score (nSPS) is 18.3. The first kappa shape index (κ1) is 19.6. The first-order valence-electron chi connectivity index (χ1n) is 8.75. The first-order valence-corrected chi connectivity index (χ1v) is 10.2. The van der Waals surface area contributed by atoms with Gasteiger partial charge in [-0.25, -0.2) is 17.8 Å². The van der Waals surface area contributed by atoms with Crippen LogP contribution in [-0.2, 0) is 10.0 Å². The third-order valence-corrected chi connectivity index (χ3v) is 6.60. The summed E-state index contributed by atoms with van der Waals surface area (Å²) in [6, 6.07) is 6.27. The molecule has 8 heteroatoms. The van der Waals surface area contributed by atoms with Gasteiger partial charge in [0.1, 0.15) is 16.7 Å². The number of aryl methyl sites for hydroxylation is 2. The summed E-state index contributed by atoms with van der Waals surface area (Å²) >= 11 is 0. The summed E-state index contributed by atoms with van der Waals surface area (Å²) in [6.07, 6.45) is 2.23. The number of piperidine rings is 1. The zero-order valence-corrected chi connectivity index (χ0v) is 16.4. The number of hydrogen-bond donors (Lipinski definition) is 0. The Labute approximate surface area is 159 Å². The number of halogens is 1. The summed E-state index contributed by atoms with van der Waals surface area (Å²) in [5.74, 6) is -0.342. The molecule has 1 unspecified atom stereocenters. The molecule has 1 aliphatic rings. The average molecular weight is 394 g/mol. The Morgan fingerprint density at radius 3 is 2.78 bits per heavy atom. The molecule has 3 rings (SSSR count). The standard InChI is InChI=1S/C19H23FN2O4S/c1-13-10-14(2)18(17(11-13)25-3)27(23,24)22-9-5-6-15(12-22)26-19-16(20)7-4-8-21-19/h4,7-8,10-11,15H,5-6,9,12H2,1-3H3. The molecule has 1 aromatic heterocycles. The maximum atomic E-state index is 13.8. The second-order valence-corrected chi connectivity index (χ2v) is 8.52. The van der Waals surface area contributed by atoms with Crippen LogP contribution in [0.4, 0.5) is 4.39 Å². The van der Waals surface area contributed by atoms with Gasteiger partial charge >= 0.3 is 0 Å². The highest BCUT2D eigenvalue weighted by molar-refractivity contribution is 7.89. The Kier molecular flexibility index (Phi) is 5.67. The number of sulfonamides is 1. The van der Waals surface area contributed by atoms with Crippen molar-refractivity contribution >= 4 is 10.0 Å². The van der Waals surface area contributed by atoms with Gasteiger partial charge in [-0.3, -0.25) is 0 Å². The maximum Gasteiger partial charge on any atom is 0.250 e. The molecule has 0 N–H and O–H groups in total. The first-order chi connectivity index (χ1) is 12.8. The average Bonchev–Trinajstić information content (AvgIpc) is 2.63. The molecule has 1 aromatic carbocycles. The van der Waals surface area contributed by atoms with Gasteiger partial charge in [0.25, 0.3) is 5.88 Å². The Morgan fingerprint density at radius 1 is 1.30 bits per heavy atom. The van der Waals surface area contributed by atoms with Crippen LogP contribution >= 0.6 is 0 Å². The lowest BCUT2D eigenvalue weighted by Gasteiger charge is -2.32. The van der Waals surface area contributed by atoms with Crippen LogP contribution < -0.4 is 9.47 Å². The van der Waals surface area contributed by atoms with E-state index in [1.807, 2.05) is 13.0 Å². The Bertz CT molecular complexity index is 933. The number of pyridine rings is 1. The molecule has 0 spiro atoms. The molecule has 1 aliphatic heterocycles. The number of rotatable bonds is 5. The minimum Gasteiger partial charge on any atom is -0.495 e. The van der Waals surface area contributed by atoms with E-state index in [-0.39, 0.29) is 17.3 Å². The summed E-state index contributed by atoms with van der Waals surface area (Å²) in [6.45, 7) is 4.15. The molecule has 1 saturated heterocycles. The number of aromatic nitrogens is 1. The van der Waals surface area contributed by atoms with Crippen molar-refractivity contribution in [2.75, 3.05) is 20.2 Å². The van der Waals surface area contributed by atoms with Crippen LogP contribution in [0, 0.1) is 19.7 Å². The fourth-order valence-corrected chi connectivity index (χ4v) is 5.21. The molecular formula is C19H23FN2O4S. The lowest BCUT2D eigenvalue weighted by atomic mass is 10.1. The highest BCUT2D eigenvalue weighted by Crippen LogP contribution is 2.33. The van der Waals surface area contributed by atoms with Crippen molar-refractivity contribution in [3.8, 4) is 11.6 Å². The van der Waals surface area contributed by atoms with E-state index in [0.29, 0.717) is 30.7 Å². The predicted octanol–water partition coefficient (Wildman–Crippen LogP) is 3.08. The monoisotopic (exact) mass is 394 g/mol. The molecule has 1 fully saturated rings. The summed E-state index contributed by atoms with van der Waals surface area (Å²) in [7, 11) is -2.32. The van der Waals surface area contributed by atoms with E-state index >= 15 is 0 Å². The summed E-state index contributed by atoms with van der Waals surface area (Å²) in [5, 5.41) is 0. The number of hydrogen-bond acceptors (Lipinski definition) is 5. The Morgan fingerprint density at radius 2 is 2.07 bits per heavy atom. The Balaban J connectivity index is 1.86. The van der Waals surface area contributed by atoms with Gasteiger partial charge in [0.2, 0.25) is 10.0 Å². The smallest absolute Gasteiger partial charge is 0.250 e. The van der Waals surface area contributed by atoms with Crippen LogP contribution in [0.1, 0.15) is 24.0 Å². The zero-order valence-electron chi connectivity index (χ0n) is 15.6. The van der Waals surface area contributed by atoms with Crippen molar-refractivity contribution in [2.45, 2.75) is 37.7 Å². The molecule has 146 valence electrons. The topological polar surface area (TPSA) is 68.7 Å². The van der Waals surface area contributed by atoms with Crippen molar-refractivity contribution < 1.29 is 22.3 Å². The van der Waals surface area contributed by atoms with Crippen molar-refractivity contribution in [3.05, 3.63) is 47.4 Å². The molecule has 27 heavy (non-hydrogen) atoms. The van der Waals surface area contributed by atoms with Gasteiger partial charge in [0.05, 0.1) is 13.7 Å². The summed E-state index contributed by atoms with van der Waals surface area (Å²) in [4.78, 5) is 4.05. The molecule has 2 aromatic rings. The van der Waals surface area contributed by atoms with E-state index in [0.717, 1.165) is 5.56 Å². The highest BCUT2D eigenvalue weighted by Gasteiger charge is 2.34. The van der Waals surface area contributed by atoms with E-state index in [1.54, 1.807) is 13.0 Å². The fraction of sp³-hybridized carbons (Fsp3) is 0.421. The minimum absolute atomic E-state index is 0.106. The second-order valence-electron chi connectivity index (χ2n) is 6.65. The molecule has 2 heterocycles. The molecule has 0 amide bonds. The van der Waals surface area contributed by atoms with Crippen LogP contribution in [0.5, 0.6) is 11.6 Å². The molecule has 6 nitrogen and oxygen atoms in total. The number of methoxy groups -OCH3 is 1. The summed E-state index contributed by atoms with van der Waals surface area (Å²) in [5.41, 5.74) is 1.56. The lowest BCUT2D eigenvalue weighted by Crippen LogP contribution is -2.44. The maximum absolute atomic E-state index is 13.8. The van der Waals surface area contributed by atoms with Gasteiger partial charge in [-0.2, -0.15) is 4.31 Å². The van der Waals surface area contributed by atoms with Crippen molar-refractivity contribution in [1.29, 1.82) is 0 Å². The van der Waals surface area contributed by atoms with E-state index in [2.05, 4.69) is 4.98 Å². The van der Waals surface area contributed by atoms with Crippen molar-refractivity contribution in [1.82, 2.24) is 9.29 Å². The van der Waals surface area contributed by atoms with Crippen LogP contribution in [0.15, 0.2) is 35.4 Å². The van der Waals surface area contributed by atoms with E-state index in [1.165, 1.54) is 29.7 Å². The van der Waals surface area contributed by atoms with Crippen LogP contribution in [0.25, 0.3) is 0 Å². The largest absolute Gasteiger partial charge is 0.495 e. The van der Waals surface area contributed by atoms with Crippen molar-refractivity contribution in [3.63, 3.8) is 0 Å². The molecule has 0 bridgehead atoms. The molecular weight excluding hydrogens is 371 g/mol. The van der Waals surface area contributed by atoms with Crippen molar-refractivity contribution in [2.24, 2.45) is 0 Å². The molecule has 0 radical (unpaired) electrons. The van der Waals surface area contributed by atoms with E-state index in [4.69, 9.17) is 9.47 Å². The molecule has 0 saturated carbocycles. The van der Waals surface area contributed by atoms with E-state index < -0.39 is 21.9 Å². The summed E-state index contributed by atoms with van der Waals surface area (Å²) < 4.78 is 52.7. The quantitative estimate of drug-likeness (QED) is 0.780. The SMILES string of the molecule is COc1cc(C)cc(C)c1S(=O)(=O)N1CCCC(Oc2ncccc2F)C1. The fourth-order valence-electron chi connectivity index (χ4n) is 3.36. The lowest BCUT2D eigenvalue weighted by molar-refractivity contribution is 0.119. The third kappa shape index (κ3) is 4.06. The second kappa shape index (κ2) is 7.82. The van der Waals surface area contributed by atoms with Gasteiger partial charge < -0.3 is 9.47 Å². The van der Waals surface area contributed by atoms with Gasteiger partial charge in [-0.15, -0.1) is 0 Å². The minimum atomic E-state index is -3.77. The third-order valence-electron chi connectivity index (χ3n) is 4.55.